The van der Waals surface area contributed by atoms with Crippen LogP contribution in [0.5, 0.6) is 5.75 Å². The lowest BCUT2D eigenvalue weighted by Crippen LogP contribution is -2.15. The van der Waals surface area contributed by atoms with Gasteiger partial charge in [-0.2, -0.15) is 13.2 Å². The van der Waals surface area contributed by atoms with Gasteiger partial charge in [-0.3, -0.25) is 4.72 Å². The molecule has 0 spiro atoms. The number of sulfonamides is 1. The Hall–Kier alpha value is -1.93. The minimum absolute atomic E-state index is 0.0319. The molecule has 0 amide bonds. The van der Waals surface area contributed by atoms with Gasteiger partial charge in [0.05, 0.1) is 23.3 Å². The Balaban J connectivity index is 2.43. The molecule has 0 unspecified atom stereocenters. The third-order valence-electron chi connectivity index (χ3n) is 2.90. The minimum atomic E-state index is -4.60. The molecule has 2 aromatic rings. The highest BCUT2D eigenvalue weighted by atomic mass is 35.5. The summed E-state index contributed by atoms with van der Waals surface area (Å²) in [5, 5.41) is 0.334. The zero-order chi connectivity index (χ0) is 17.3. The Morgan fingerprint density at radius 3 is 2.22 bits per heavy atom. The van der Waals surface area contributed by atoms with Gasteiger partial charge in [-0.05, 0) is 42.5 Å². The Labute approximate surface area is 135 Å². The van der Waals surface area contributed by atoms with Crippen molar-refractivity contribution in [2.75, 3.05) is 11.8 Å². The Morgan fingerprint density at radius 2 is 1.70 bits per heavy atom. The molecule has 23 heavy (non-hydrogen) atoms. The van der Waals surface area contributed by atoms with Crippen molar-refractivity contribution in [1.29, 1.82) is 0 Å². The van der Waals surface area contributed by atoms with Gasteiger partial charge in [0.25, 0.3) is 10.0 Å². The molecule has 0 aromatic heterocycles. The van der Waals surface area contributed by atoms with Crippen LogP contribution in [0, 0.1) is 0 Å². The predicted molar refractivity (Wildman–Crippen MR) is 80.3 cm³/mol. The first-order valence-electron chi connectivity index (χ1n) is 6.17. The molecule has 0 aliphatic rings. The van der Waals surface area contributed by atoms with Crippen LogP contribution in [0.1, 0.15) is 5.56 Å². The quantitative estimate of drug-likeness (QED) is 0.884. The zero-order valence-electron chi connectivity index (χ0n) is 11.7. The first kappa shape index (κ1) is 17.4. The van der Waals surface area contributed by atoms with Crippen LogP contribution < -0.4 is 9.46 Å². The summed E-state index contributed by atoms with van der Waals surface area (Å²) in [6.07, 6.45) is -4.60. The standard InChI is InChI=1S/C14H11ClF3NO3S/c1-22-13-7-2-9(14(16,17)18)8-12(13)19-23(20,21)11-5-3-10(15)4-6-11/h2-8,19H,1H3. The van der Waals surface area contributed by atoms with E-state index in [2.05, 4.69) is 4.72 Å². The van der Waals surface area contributed by atoms with Gasteiger partial charge >= 0.3 is 6.18 Å². The zero-order valence-corrected chi connectivity index (χ0v) is 13.3. The predicted octanol–water partition coefficient (Wildman–Crippen LogP) is 4.17. The summed E-state index contributed by atoms with van der Waals surface area (Å²) in [7, 11) is -2.86. The highest BCUT2D eigenvalue weighted by molar-refractivity contribution is 7.92. The highest BCUT2D eigenvalue weighted by Crippen LogP contribution is 2.35. The van der Waals surface area contributed by atoms with Crippen LogP contribution in [0.15, 0.2) is 47.4 Å². The maximum absolute atomic E-state index is 12.8. The van der Waals surface area contributed by atoms with E-state index >= 15 is 0 Å². The van der Waals surface area contributed by atoms with Crippen molar-refractivity contribution >= 4 is 27.3 Å². The van der Waals surface area contributed by atoms with E-state index in [-0.39, 0.29) is 16.3 Å². The third kappa shape index (κ3) is 4.08. The van der Waals surface area contributed by atoms with E-state index in [0.29, 0.717) is 11.1 Å². The minimum Gasteiger partial charge on any atom is -0.495 e. The third-order valence-corrected chi connectivity index (χ3v) is 4.53. The molecule has 4 nitrogen and oxygen atoms in total. The van der Waals surface area contributed by atoms with Crippen LogP contribution in [-0.2, 0) is 16.2 Å². The summed E-state index contributed by atoms with van der Waals surface area (Å²) in [6.45, 7) is 0. The molecule has 0 aliphatic heterocycles. The molecular weight excluding hydrogens is 355 g/mol. The number of hydrogen-bond acceptors (Lipinski definition) is 3. The average Bonchev–Trinajstić information content (AvgIpc) is 2.46. The molecule has 0 atom stereocenters. The molecule has 0 bridgehead atoms. The van der Waals surface area contributed by atoms with Gasteiger partial charge in [-0.1, -0.05) is 11.6 Å². The SMILES string of the molecule is COc1ccc(C(F)(F)F)cc1NS(=O)(=O)c1ccc(Cl)cc1. The lowest BCUT2D eigenvalue weighted by Gasteiger charge is -2.14. The smallest absolute Gasteiger partial charge is 0.416 e. The molecule has 0 fully saturated rings. The van der Waals surface area contributed by atoms with E-state index < -0.39 is 21.8 Å². The number of hydrogen-bond donors (Lipinski definition) is 1. The van der Waals surface area contributed by atoms with Crippen LogP contribution in [-0.4, -0.2) is 15.5 Å². The second-order valence-corrected chi connectivity index (χ2v) is 6.59. The van der Waals surface area contributed by atoms with Crippen molar-refractivity contribution in [3.05, 3.63) is 53.1 Å². The number of nitrogens with one attached hydrogen (secondary N) is 1. The van der Waals surface area contributed by atoms with Crippen LogP contribution in [0.2, 0.25) is 5.02 Å². The number of alkyl halides is 3. The molecule has 2 aromatic carbocycles. The summed E-state index contributed by atoms with van der Waals surface area (Å²) in [5.41, 5.74) is -1.30. The van der Waals surface area contributed by atoms with Gasteiger partial charge in [-0.25, -0.2) is 8.42 Å². The Morgan fingerprint density at radius 1 is 1.09 bits per heavy atom. The van der Waals surface area contributed by atoms with Crippen LogP contribution in [0.3, 0.4) is 0 Å². The van der Waals surface area contributed by atoms with Crippen molar-refractivity contribution in [3.63, 3.8) is 0 Å². The normalized spacial score (nSPS) is 12.0. The molecule has 0 heterocycles. The number of rotatable bonds is 4. The van der Waals surface area contributed by atoms with Gasteiger partial charge in [0, 0.05) is 5.02 Å². The summed E-state index contributed by atoms with van der Waals surface area (Å²) in [4.78, 5) is -0.138. The fourth-order valence-electron chi connectivity index (χ4n) is 1.78. The Kier molecular flexibility index (Phi) is 4.76. The molecule has 0 saturated heterocycles. The van der Waals surface area contributed by atoms with Gasteiger partial charge in [0.15, 0.2) is 0 Å². The maximum Gasteiger partial charge on any atom is 0.416 e. The van der Waals surface area contributed by atoms with Gasteiger partial charge in [-0.15, -0.1) is 0 Å². The molecular formula is C14H11ClF3NO3S. The van der Waals surface area contributed by atoms with Gasteiger partial charge in [0.2, 0.25) is 0 Å². The summed E-state index contributed by atoms with van der Waals surface area (Å²) < 4.78 is 69.8. The number of benzene rings is 2. The van der Waals surface area contributed by atoms with Crippen molar-refractivity contribution in [1.82, 2.24) is 0 Å². The lowest BCUT2D eigenvalue weighted by molar-refractivity contribution is -0.137. The first-order chi connectivity index (χ1) is 10.6. The van der Waals surface area contributed by atoms with Gasteiger partial charge in [0.1, 0.15) is 5.75 Å². The summed E-state index contributed by atoms with van der Waals surface area (Å²) >= 11 is 5.68. The van der Waals surface area contributed by atoms with E-state index in [1.54, 1.807) is 0 Å². The number of anilines is 1. The van der Waals surface area contributed by atoms with Gasteiger partial charge < -0.3 is 4.74 Å². The molecule has 124 valence electrons. The largest absolute Gasteiger partial charge is 0.495 e. The Bertz CT molecular complexity index is 805. The molecule has 0 saturated carbocycles. The van der Waals surface area contributed by atoms with Crippen molar-refractivity contribution in [2.24, 2.45) is 0 Å². The van der Waals surface area contributed by atoms with Crippen molar-refractivity contribution in [3.8, 4) is 5.75 Å². The first-order valence-corrected chi connectivity index (χ1v) is 8.03. The highest BCUT2D eigenvalue weighted by Gasteiger charge is 2.31. The molecule has 0 radical (unpaired) electrons. The van der Waals surface area contributed by atoms with Crippen molar-refractivity contribution in [2.45, 2.75) is 11.1 Å². The summed E-state index contributed by atoms with van der Waals surface area (Å²) in [5.74, 6) is -0.0319. The summed E-state index contributed by atoms with van der Waals surface area (Å²) in [6, 6.07) is 7.72. The molecule has 0 aliphatic carbocycles. The van der Waals surface area contributed by atoms with Crippen LogP contribution >= 0.6 is 11.6 Å². The number of halogens is 4. The molecule has 2 rings (SSSR count). The van der Waals surface area contributed by atoms with Crippen LogP contribution in [0.25, 0.3) is 0 Å². The fourth-order valence-corrected chi connectivity index (χ4v) is 2.97. The van der Waals surface area contributed by atoms with E-state index in [1.165, 1.54) is 31.4 Å². The average molecular weight is 366 g/mol. The maximum atomic E-state index is 12.8. The second-order valence-electron chi connectivity index (χ2n) is 4.47. The van der Waals surface area contributed by atoms with Crippen molar-refractivity contribution < 1.29 is 26.3 Å². The lowest BCUT2D eigenvalue weighted by atomic mass is 10.2. The molecule has 9 heteroatoms. The second kappa shape index (κ2) is 6.29. The van der Waals surface area contributed by atoms with E-state index in [1.807, 2.05) is 0 Å². The van der Waals surface area contributed by atoms with E-state index in [9.17, 15) is 21.6 Å². The van der Waals surface area contributed by atoms with Crippen LogP contribution in [0.4, 0.5) is 18.9 Å². The fraction of sp³-hybridized carbons (Fsp3) is 0.143. The van der Waals surface area contributed by atoms with E-state index in [0.717, 1.165) is 12.1 Å². The number of methoxy groups -OCH3 is 1. The number of ether oxygens (including phenoxy) is 1. The topological polar surface area (TPSA) is 55.4 Å². The van der Waals surface area contributed by atoms with E-state index in [4.69, 9.17) is 16.3 Å². The monoisotopic (exact) mass is 365 g/mol. The molecule has 1 N–H and O–H groups in total.